The highest BCUT2D eigenvalue weighted by molar-refractivity contribution is 7.92. The Labute approximate surface area is 202 Å². The highest BCUT2D eigenvalue weighted by Gasteiger charge is 2.32. The van der Waals surface area contributed by atoms with Crippen LogP contribution in [0.1, 0.15) is 38.3 Å². The predicted octanol–water partition coefficient (Wildman–Crippen LogP) is 2.97. The summed E-state index contributed by atoms with van der Waals surface area (Å²) >= 11 is 0. The number of nitrogens with zero attached hydrogens (tertiary/aromatic N) is 2. The van der Waals surface area contributed by atoms with Gasteiger partial charge >= 0.3 is 0 Å². The van der Waals surface area contributed by atoms with Gasteiger partial charge in [0.15, 0.2) is 0 Å². The van der Waals surface area contributed by atoms with Crippen LogP contribution in [0.4, 0.5) is 5.69 Å². The molecule has 0 aliphatic rings. The van der Waals surface area contributed by atoms with Crippen molar-refractivity contribution in [3.8, 4) is 5.75 Å². The van der Waals surface area contributed by atoms with Crippen molar-refractivity contribution < 1.29 is 22.7 Å². The minimum Gasteiger partial charge on any atom is -0.497 e. The number of anilines is 1. The van der Waals surface area contributed by atoms with Gasteiger partial charge in [-0.3, -0.25) is 13.9 Å². The summed E-state index contributed by atoms with van der Waals surface area (Å²) in [5.41, 5.74) is 2.05. The Morgan fingerprint density at radius 2 is 1.76 bits per heavy atom. The largest absolute Gasteiger partial charge is 0.497 e. The van der Waals surface area contributed by atoms with E-state index in [1.54, 1.807) is 31.4 Å². The number of rotatable bonds is 12. The minimum atomic E-state index is -3.76. The van der Waals surface area contributed by atoms with Gasteiger partial charge in [-0.1, -0.05) is 44.2 Å². The fourth-order valence-electron chi connectivity index (χ4n) is 3.83. The first-order valence-corrected chi connectivity index (χ1v) is 13.3. The number of likely N-dealkylation sites (N-methyl/N-ethyl adjacent to an activating group) is 1. The number of carbonyl (C=O) groups excluding carboxylic acids is 2. The second-order valence-electron chi connectivity index (χ2n) is 7.94. The maximum atomic E-state index is 13.6. The summed E-state index contributed by atoms with van der Waals surface area (Å²) in [5, 5.41) is 2.78. The fourth-order valence-corrected chi connectivity index (χ4v) is 4.71. The van der Waals surface area contributed by atoms with Gasteiger partial charge in [0, 0.05) is 13.1 Å². The third kappa shape index (κ3) is 6.96. The van der Waals surface area contributed by atoms with Gasteiger partial charge in [0.2, 0.25) is 21.8 Å². The first-order valence-electron chi connectivity index (χ1n) is 11.4. The van der Waals surface area contributed by atoms with Gasteiger partial charge in [-0.05, 0) is 49.1 Å². The molecule has 2 aromatic carbocycles. The molecule has 2 aromatic rings. The maximum absolute atomic E-state index is 13.6. The molecule has 0 aromatic heterocycles. The molecule has 1 atom stereocenters. The smallest absolute Gasteiger partial charge is 0.244 e. The molecule has 9 heteroatoms. The average molecular weight is 490 g/mol. The number of para-hydroxylation sites is 1. The third-order valence-electron chi connectivity index (χ3n) is 5.54. The monoisotopic (exact) mass is 489 g/mol. The summed E-state index contributed by atoms with van der Waals surface area (Å²) in [4.78, 5) is 27.9. The molecule has 186 valence electrons. The van der Waals surface area contributed by atoms with Crippen LogP contribution in [-0.4, -0.2) is 57.6 Å². The van der Waals surface area contributed by atoms with Gasteiger partial charge in [-0.2, -0.15) is 0 Å². The molecule has 0 fully saturated rings. The molecule has 2 amide bonds. The SMILES string of the molecule is CCNC(=O)[C@H](CC)N(Cc1cccc(OC)c1)C(=O)CN(c1ccccc1CC)S(C)(=O)=O. The van der Waals surface area contributed by atoms with Gasteiger partial charge < -0.3 is 15.0 Å². The van der Waals surface area contributed by atoms with Crippen LogP contribution in [0.25, 0.3) is 0 Å². The zero-order chi connectivity index (χ0) is 25.3. The normalized spacial score (nSPS) is 12.0. The molecule has 0 saturated heterocycles. The van der Waals surface area contributed by atoms with Crippen molar-refractivity contribution in [2.75, 3.05) is 30.8 Å². The topological polar surface area (TPSA) is 96.0 Å². The molecule has 0 unspecified atom stereocenters. The number of hydrogen-bond acceptors (Lipinski definition) is 5. The predicted molar refractivity (Wildman–Crippen MR) is 134 cm³/mol. The van der Waals surface area contributed by atoms with E-state index in [0.717, 1.165) is 21.7 Å². The zero-order valence-electron chi connectivity index (χ0n) is 20.6. The van der Waals surface area contributed by atoms with E-state index < -0.39 is 28.5 Å². The zero-order valence-corrected chi connectivity index (χ0v) is 21.4. The van der Waals surface area contributed by atoms with Crippen LogP contribution in [0.15, 0.2) is 48.5 Å². The van der Waals surface area contributed by atoms with E-state index in [1.165, 1.54) is 4.90 Å². The lowest BCUT2D eigenvalue weighted by Crippen LogP contribution is -2.52. The number of carbonyl (C=O) groups is 2. The lowest BCUT2D eigenvalue weighted by Gasteiger charge is -2.33. The maximum Gasteiger partial charge on any atom is 0.244 e. The van der Waals surface area contributed by atoms with Crippen molar-refractivity contribution in [1.82, 2.24) is 10.2 Å². The van der Waals surface area contributed by atoms with Crippen molar-refractivity contribution in [3.63, 3.8) is 0 Å². The number of ether oxygens (including phenoxy) is 1. The Balaban J connectivity index is 2.48. The fraction of sp³-hybridized carbons (Fsp3) is 0.440. The summed E-state index contributed by atoms with van der Waals surface area (Å²) in [5.74, 6) is -0.107. The standard InChI is InChI=1S/C25H35N3O5S/c1-6-20-13-9-10-15-23(20)28(34(5,31)32)18-24(29)27(22(7-2)25(30)26-8-3)17-19-12-11-14-21(16-19)33-4/h9-16,22H,6-8,17-18H2,1-5H3,(H,26,30)/t22-/m0/s1. The Hall–Kier alpha value is -3.07. The molecule has 0 saturated carbocycles. The molecule has 8 nitrogen and oxygen atoms in total. The highest BCUT2D eigenvalue weighted by atomic mass is 32.2. The van der Waals surface area contributed by atoms with E-state index in [4.69, 9.17) is 4.74 Å². The number of nitrogens with one attached hydrogen (secondary N) is 1. The van der Waals surface area contributed by atoms with Crippen LogP contribution < -0.4 is 14.4 Å². The first kappa shape index (κ1) is 27.2. The molecule has 0 bridgehead atoms. The average Bonchev–Trinajstić information content (AvgIpc) is 2.81. The number of aryl methyl sites for hydroxylation is 1. The molecular formula is C25H35N3O5S. The summed E-state index contributed by atoms with van der Waals surface area (Å²) < 4.78 is 31.9. The van der Waals surface area contributed by atoms with Gasteiger partial charge in [-0.25, -0.2) is 8.42 Å². The van der Waals surface area contributed by atoms with E-state index in [0.29, 0.717) is 30.8 Å². The summed E-state index contributed by atoms with van der Waals surface area (Å²) in [7, 11) is -2.20. The Morgan fingerprint density at radius 1 is 1.06 bits per heavy atom. The van der Waals surface area contributed by atoms with E-state index in [9.17, 15) is 18.0 Å². The van der Waals surface area contributed by atoms with Crippen LogP contribution in [0.5, 0.6) is 5.75 Å². The number of methoxy groups -OCH3 is 1. The molecule has 2 rings (SSSR count). The van der Waals surface area contributed by atoms with Crippen molar-refractivity contribution in [1.29, 1.82) is 0 Å². The number of sulfonamides is 1. The van der Waals surface area contributed by atoms with Crippen molar-refractivity contribution in [2.24, 2.45) is 0 Å². The minimum absolute atomic E-state index is 0.138. The third-order valence-corrected chi connectivity index (χ3v) is 6.67. The van der Waals surface area contributed by atoms with E-state index in [1.807, 2.05) is 45.0 Å². The first-order chi connectivity index (χ1) is 16.2. The van der Waals surface area contributed by atoms with Crippen LogP contribution in [0.3, 0.4) is 0 Å². The van der Waals surface area contributed by atoms with Crippen LogP contribution >= 0.6 is 0 Å². The Kier molecular flexibility index (Phi) is 9.92. The molecule has 0 heterocycles. The summed E-state index contributed by atoms with van der Waals surface area (Å²) in [6, 6.07) is 13.6. The number of amides is 2. The second kappa shape index (κ2) is 12.4. The number of benzene rings is 2. The highest BCUT2D eigenvalue weighted by Crippen LogP contribution is 2.24. The Bertz CT molecular complexity index is 1090. The lowest BCUT2D eigenvalue weighted by molar-refractivity contribution is -0.140. The van der Waals surface area contributed by atoms with Gasteiger partial charge in [0.05, 0.1) is 19.1 Å². The number of hydrogen-bond donors (Lipinski definition) is 1. The van der Waals surface area contributed by atoms with Crippen molar-refractivity contribution in [2.45, 2.75) is 46.2 Å². The lowest BCUT2D eigenvalue weighted by atomic mass is 10.1. The van der Waals surface area contributed by atoms with E-state index in [-0.39, 0.29) is 12.5 Å². The van der Waals surface area contributed by atoms with Gasteiger partial charge in [-0.15, -0.1) is 0 Å². The second-order valence-corrected chi connectivity index (χ2v) is 9.85. The molecule has 0 spiro atoms. The molecule has 0 radical (unpaired) electrons. The molecule has 34 heavy (non-hydrogen) atoms. The van der Waals surface area contributed by atoms with Gasteiger partial charge in [0.25, 0.3) is 0 Å². The molecule has 0 aliphatic carbocycles. The summed E-state index contributed by atoms with van der Waals surface area (Å²) in [6.45, 7) is 5.72. The summed E-state index contributed by atoms with van der Waals surface area (Å²) in [6.07, 6.45) is 2.08. The Morgan fingerprint density at radius 3 is 2.35 bits per heavy atom. The van der Waals surface area contributed by atoms with Gasteiger partial charge in [0.1, 0.15) is 18.3 Å². The molecule has 1 N–H and O–H groups in total. The van der Waals surface area contributed by atoms with Crippen LogP contribution in [0.2, 0.25) is 0 Å². The quantitative estimate of drug-likeness (QED) is 0.495. The molecular weight excluding hydrogens is 454 g/mol. The van der Waals surface area contributed by atoms with E-state index >= 15 is 0 Å². The van der Waals surface area contributed by atoms with Crippen LogP contribution in [0, 0.1) is 0 Å². The van der Waals surface area contributed by atoms with Crippen LogP contribution in [-0.2, 0) is 32.6 Å². The van der Waals surface area contributed by atoms with Crippen molar-refractivity contribution >= 4 is 27.5 Å². The van der Waals surface area contributed by atoms with Crippen molar-refractivity contribution in [3.05, 3.63) is 59.7 Å². The van der Waals surface area contributed by atoms with E-state index in [2.05, 4.69) is 5.32 Å². The molecule has 0 aliphatic heterocycles.